The van der Waals surface area contributed by atoms with E-state index in [4.69, 9.17) is 0 Å². The summed E-state index contributed by atoms with van der Waals surface area (Å²) in [6.07, 6.45) is 4.10. The lowest BCUT2D eigenvalue weighted by atomic mass is 9.67. The van der Waals surface area contributed by atoms with Gasteiger partial charge in [-0.3, -0.25) is 14.9 Å². The Labute approximate surface area is 158 Å². The molecule has 3 rings (SSSR count). The van der Waals surface area contributed by atoms with E-state index in [9.17, 15) is 23.3 Å². The molecule has 1 aliphatic carbocycles. The van der Waals surface area contributed by atoms with E-state index in [1.807, 2.05) is 0 Å². The molecule has 2 fully saturated rings. The number of benzene rings is 1. The van der Waals surface area contributed by atoms with Gasteiger partial charge in [0.15, 0.2) is 0 Å². The number of amides is 1. The molecule has 10 heteroatoms. The van der Waals surface area contributed by atoms with Gasteiger partial charge in [-0.25, -0.2) is 13.1 Å². The smallest absolute Gasteiger partial charge is 0.269 e. The summed E-state index contributed by atoms with van der Waals surface area (Å²) in [6, 6.07) is 4.67. The Morgan fingerprint density at radius 1 is 1.26 bits per heavy atom. The van der Waals surface area contributed by atoms with Gasteiger partial charge < -0.3 is 10.6 Å². The van der Waals surface area contributed by atoms with Crippen molar-refractivity contribution in [1.82, 2.24) is 15.4 Å². The van der Waals surface area contributed by atoms with Crippen molar-refractivity contribution in [3.63, 3.8) is 0 Å². The highest BCUT2D eigenvalue weighted by Gasteiger charge is 2.49. The van der Waals surface area contributed by atoms with Crippen LogP contribution in [0.25, 0.3) is 0 Å². The number of non-ortho nitro benzene ring substituents is 1. The van der Waals surface area contributed by atoms with E-state index in [1.54, 1.807) is 0 Å². The van der Waals surface area contributed by atoms with E-state index in [1.165, 1.54) is 12.1 Å². The molecule has 148 valence electrons. The molecule has 2 atom stereocenters. The molecule has 2 aliphatic rings. The fourth-order valence-corrected chi connectivity index (χ4v) is 5.09. The van der Waals surface area contributed by atoms with Crippen LogP contribution in [0.3, 0.4) is 0 Å². The topological polar surface area (TPSA) is 130 Å². The second kappa shape index (κ2) is 7.91. The summed E-state index contributed by atoms with van der Waals surface area (Å²) in [5.74, 6) is 0.342. The zero-order valence-electron chi connectivity index (χ0n) is 14.9. The summed E-state index contributed by atoms with van der Waals surface area (Å²) in [5, 5.41) is 16.8. The molecule has 1 saturated heterocycles. The predicted molar refractivity (Wildman–Crippen MR) is 98.6 cm³/mol. The minimum Gasteiger partial charge on any atom is -0.354 e. The number of hydrogen-bond acceptors (Lipinski definition) is 6. The van der Waals surface area contributed by atoms with Crippen LogP contribution in [0.4, 0.5) is 5.69 Å². The van der Waals surface area contributed by atoms with Crippen molar-refractivity contribution in [1.29, 1.82) is 0 Å². The average molecular weight is 396 g/mol. The molecule has 1 amide bonds. The minimum absolute atomic E-state index is 0.00765. The van der Waals surface area contributed by atoms with E-state index >= 15 is 0 Å². The van der Waals surface area contributed by atoms with E-state index in [0.717, 1.165) is 44.4 Å². The van der Waals surface area contributed by atoms with Crippen LogP contribution >= 0.6 is 0 Å². The number of carbonyl (C=O) groups is 1. The normalized spacial score (nSPS) is 25.0. The van der Waals surface area contributed by atoms with Crippen molar-refractivity contribution in [3.05, 3.63) is 34.4 Å². The third-order valence-electron chi connectivity index (χ3n) is 5.55. The monoisotopic (exact) mass is 396 g/mol. The molecule has 0 bridgehead atoms. The molecule has 27 heavy (non-hydrogen) atoms. The highest BCUT2D eigenvalue weighted by atomic mass is 32.2. The fourth-order valence-electron chi connectivity index (χ4n) is 4.06. The molecule has 1 aliphatic heterocycles. The quantitative estimate of drug-likeness (QED) is 0.354. The molecule has 1 aromatic rings. The van der Waals surface area contributed by atoms with Crippen molar-refractivity contribution in [3.8, 4) is 0 Å². The Hall–Kier alpha value is -2.04. The molecule has 0 unspecified atom stereocenters. The van der Waals surface area contributed by atoms with Gasteiger partial charge >= 0.3 is 0 Å². The number of sulfonamides is 1. The van der Waals surface area contributed by atoms with Crippen LogP contribution in [0.2, 0.25) is 0 Å². The molecular formula is C17H24N4O5S. The summed E-state index contributed by atoms with van der Waals surface area (Å²) in [7, 11) is -3.78. The molecule has 0 spiro atoms. The van der Waals surface area contributed by atoms with Gasteiger partial charge in [0.05, 0.1) is 15.2 Å². The van der Waals surface area contributed by atoms with Crippen molar-refractivity contribution in [2.75, 3.05) is 26.2 Å². The van der Waals surface area contributed by atoms with Gasteiger partial charge in [0, 0.05) is 31.8 Å². The number of nitro benzene ring substituents is 1. The van der Waals surface area contributed by atoms with Gasteiger partial charge in [-0.05, 0) is 37.4 Å². The first kappa shape index (κ1) is 19.7. The summed E-state index contributed by atoms with van der Waals surface area (Å²) >= 11 is 0. The number of hydrogen-bond donors (Lipinski definition) is 3. The number of nitrogens with zero attached hydrogens (tertiary/aromatic N) is 1. The standard InChI is InChI=1S/C17H24N4O5S/c22-16(17-8-2-1-3-13(17)11-18-12-17)19-9-10-20-27(25,26)15-6-4-14(5-7-15)21(23)24/h4-7,13,18,20H,1-3,8-12H2,(H,19,22)/t13-,17+/m0/s1. The lowest BCUT2D eigenvalue weighted by Crippen LogP contribution is -2.49. The predicted octanol–water partition coefficient (Wildman–Crippen LogP) is 0.769. The van der Waals surface area contributed by atoms with Crippen molar-refractivity contribution < 1.29 is 18.1 Å². The zero-order valence-corrected chi connectivity index (χ0v) is 15.8. The molecule has 9 nitrogen and oxygen atoms in total. The Balaban J connectivity index is 1.52. The summed E-state index contributed by atoms with van der Waals surface area (Å²) in [5.41, 5.74) is -0.539. The van der Waals surface area contributed by atoms with Crippen LogP contribution in [-0.2, 0) is 14.8 Å². The van der Waals surface area contributed by atoms with Gasteiger partial charge in [0.1, 0.15) is 0 Å². The lowest BCUT2D eigenvalue weighted by molar-refractivity contribution is -0.384. The number of rotatable bonds is 7. The van der Waals surface area contributed by atoms with Crippen molar-refractivity contribution in [2.24, 2.45) is 11.3 Å². The van der Waals surface area contributed by atoms with Crippen LogP contribution in [-0.4, -0.2) is 45.4 Å². The maximum Gasteiger partial charge on any atom is 0.269 e. The van der Waals surface area contributed by atoms with Crippen LogP contribution in [0.1, 0.15) is 25.7 Å². The largest absolute Gasteiger partial charge is 0.354 e. The van der Waals surface area contributed by atoms with Crippen molar-refractivity contribution in [2.45, 2.75) is 30.6 Å². The first-order valence-corrected chi connectivity index (χ1v) is 10.6. The third kappa shape index (κ3) is 4.12. The van der Waals surface area contributed by atoms with E-state index < -0.39 is 14.9 Å². The summed E-state index contributed by atoms with van der Waals surface area (Å²) < 4.78 is 26.9. The molecule has 1 heterocycles. The van der Waals surface area contributed by atoms with Crippen LogP contribution in [0, 0.1) is 21.4 Å². The maximum atomic E-state index is 12.7. The van der Waals surface area contributed by atoms with Gasteiger partial charge in [0.2, 0.25) is 15.9 Å². The Bertz CT molecular complexity index is 811. The fraction of sp³-hybridized carbons (Fsp3) is 0.588. The van der Waals surface area contributed by atoms with Gasteiger partial charge in [0.25, 0.3) is 5.69 Å². The number of nitrogens with one attached hydrogen (secondary N) is 3. The molecule has 0 radical (unpaired) electrons. The lowest BCUT2D eigenvalue weighted by Gasteiger charge is -2.37. The summed E-state index contributed by atoms with van der Waals surface area (Å²) in [6.45, 7) is 1.79. The maximum absolute atomic E-state index is 12.7. The SMILES string of the molecule is O=C(NCCNS(=O)(=O)c1ccc([N+](=O)[O-])cc1)[C@@]12CCCC[C@H]1CNC2. The van der Waals surface area contributed by atoms with Crippen LogP contribution < -0.4 is 15.4 Å². The Kier molecular flexibility index (Phi) is 5.78. The van der Waals surface area contributed by atoms with E-state index in [0.29, 0.717) is 12.5 Å². The number of carbonyl (C=O) groups excluding carboxylic acids is 1. The van der Waals surface area contributed by atoms with Crippen LogP contribution in [0.5, 0.6) is 0 Å². The Morgan fingerprint density at radius 3 is 2.70 bits per heavy atom. The first-order chi connectivity index (χ1) is 12.8. The second-order valence-electron chi connectivity index (χ2n) is 7.13. The molecule has 0 aromatic heterocycles. The highest BCUT2D eigenvalue weighted by Crippen LogP contribution is 2.43. The third-order valence-corrected chi connectivity index (χ3v) is 7.03. The van der Waals surface area contributed by atoms with Gasteiger partial charge in [-0.2, -0.15) is 0 Å². The molecule has 3 N–H and O–H groups in total. The van der Waals surface area contributed by atoms with E-state index in [2.05, 4.69) is 15.4 Å². The Morgan fingerprint density at radius 2 is 2.00 bits per heavy atom. The van der Waals surface area contributed by atoms with E-state index in [-0.39, 0.29) is 35.0 Å². The molecule has 1 saturated carbocycles. The van der Waals surface area contributed by atoms with Gasteiger partial charge in [-0.1, -0.05) is 12.8 Å². The molecule has 1 aromatic carbocycles. The number of nitro groups is 1. The first-order valence-electron chi connectivity index (χ1n) is 9.08. The summed E-state index contributed by atoms with van der Waals surface area (Å²) in [4.78, 5) is 22.7. The molecular weight excluding hydrogens is 372 g/mol. The van der Waals surface area contributed by atoms with Crippen molar-refractivity contribution >= 4 is 21.6 Å². The van der Waals surface area contributed by atoms with Gasteiger partial charge in [-0.15, -0.1) is 0 Å². The zero-order chi connectivity index (χ0) is 19.5. The minimum atomic E-state index is -3.78. The average Bonchev–Trinajstić information content (AvgIpc) is 3.10. The number of fused-ring (bicyclic) bond motifs is 1. The second-order valence-corrected chi connectivity index (χ2v) is 8.90. The van der Waals surface area contributed by atoms with Crippen LogP contribution in [0.15, 0.2) is 29.2 Å². The highest BCUT2D eigenvalue weighted by molar-refractivity contribution is 7.89.